The number of sulfone groups is 1. The van der Waals surface area contributed by atoms with Crippen molar-refractivity contribution in [2.75, 3.05) is 32.4 Å². The van der Waals surface area contributed by atoms with Crippen LogP contribution in [-0.4, -0.2) is 56.6 Å². The predicted molar refractivity (Wildman–Crippen MR) is 99.1 cm³/mol. The first-order valence-electron chi connectivity index (χ1n) is 8.38. The average molecular weight is 397 g/mol. The van der Waals surface area contributed by atoms with Gasteiger partial charge in [0.1, 0.15) is 5.76 Å². The monoisotopic (exact) mass is 396 g/mol. The molecule has 26 heavy (non-hydrogen) atoms. The Bertz CT molecular complexity index is 881. The molecule has 8 heteroatoms. The van der Waals surface area contributed by atoms with E-state index in [1.54, 1.807) is 11.2 Å². The summed E-state index contributed by atoms with van der Waals surface area (Å²) >= 11 is 6.18. The van der Waals surface area contributed by atoms with E-state index in [9.17, 15) is 13.2 Å². The molecule has 0 saturated carbocycles. The first-order valence-corrected chi connectivity index (χ1v) is 10.6. The number of hydrogen-bond donors (Lipinski definition) is 0. The summed E-state index contributed by atoms with van der Waals surface area (Å²) in [6.07, 6.45) is 3.62. The van der Waals surface area contributed by atoms with Gasteiger partial charge in [0.2, 0.25) is 0 Å². The van der Waals surface area contributed by atoms with Crippen LogP contribution >= 0.6 is 11.6 Å². The van der Waals surface area contributed by atoms with E-state index < -0.39 is 9.84 Å². The number of halogens is 1. The zero-order valence-corrected chi connectivity index (χ0v) is 16.1. The lowest BCUT2D eigenvalue weighted by Gasteiger charge is -2.22. The van der Waals surface area contributed by atoms with E-state index in [4.69, 9.17) is 16.0 Å². The smallest absolute Gasteiger partial charge is 0.255 e. The molecule has 1 amide bonds. The van der Waals surface area contributed by atoms with E-state index >= 15 is 0 Å². The van der Waals surface area contributed by atoms with E-state index in [0.717, 1.165) is 38.1 Å². The molecule has 1 saturated heterocycles. The largest absolute Gasteiger partial charge is 0.468 e. The minimum absolute atomic E-state index is 0.111. The van der Waals surface area contributed by atoms with Crippen molar-refractivity contribution in [3.8, 4) is 0 Å². The van der Waals surface area contributed by atoms with Crippen LogP contribution in [0.2, 0.25) is 5.02 Å². The lowest BCUT2D eigenvalue weighted by molar-refractivity contribution is 0.0761. The Balaban J connectivity index is 1.68. The third-order valence-corrected chi connectivity index (χ3v) is 5.86. The quantitative estimate of drug-likeness (QED) is 0.794. The summed E-state index contributed by atoms with van der Waals surface area (Å²) in [4.78, 5) is 16.9. The van der Waals surface area contributed by atoms with Gasteiger partial charge >= 0.3 is 0 Å². The van der Waals surface area contributed by atoms with Crippen molar-refractivity contribution < 1.29 is 17.6 Å². The van der Waals surface area contributed by atoms with Crippen molar-refractivity contribution in [3.05, 3.63) is 52.9 Å². The van der Waals surface area contributed by atoms with E-state index in [1.165, 1.54) is 18.2 Å². The number of rotatable bonds is 4. The van der Waals surface area contributed by atoms with Crippen LogP contribution in [0.5, 0.6) is 0 Å². The molecular weight excluding hydrogens is 376 g/mol. The van der Waals surface area contributed by atoms with Gasteiger partial charge in [-0.15, -0.1) is 0 Å². The summed E-state index contributed by atoms with van der Waals surface area (Å²) in [5.41, 5.74) is 0.332. The molecule has 0 N–H and O–H groups in total. The van der Waals surface area contributed by atoms with Crippen molar-refractivity contribution in [1.29, 1.82) is 0 Å². The van der Waals surface area contributed by atoms with Crippen molar-refractivity contribution in [2.24, 2.45) is 0 Å². The van der Waals surface area contributed by atoms with Crippen LogP contribution < -0.4 is 0 Å². The van der Waals surface area contributed by atoms with Crippen LogP contribution in [0.3, 0.4) is 0 Å². The van der Waals surface area contributed by atoms with Crippen molar-refractivity contribution in [3.63, 3.8) is 0 Å². The zero-order valence-electron chi connectivity index (χ0n) is 14.5. The van der Waals surface area contributed by atoms with Crippen LogP contribution in [0.15, 0.2) is 45.9 Å². The maximum absolute atomic E-state index is 12.8. The Kier molecular flexibility index (Phi) is 5.70. The molecule has 0 bridgehead atoms. The normalized spacial score (nSPS) is 16.5. The predicted octanol–water partition coefficient (Wildman–Crippen LogP) is 2.68. The second-order valence-corrected chi connectivity index (χ2v) is 8.84. The lowest BCUT2D eigenvalue weighted by Crippen LogP contribution is -2.35. The summed E-state index contributed by atoms with van der Waals surface area (Å²) < 4.78 is 28.6. The van der Waals surface area contributed by atoms with Gasteiger partial charge in [0.05, 0.1) is 28.3 Å². The highest BCUT2D eigenvalue weighted by Crippen LogP contribution is 2.23. The zero-order chi connectivity index (χ0) is 18.7. The van der Waals surface area contributed by atoms with E-state index in [-0.39, 0.29) is 15.8 Å². The third kappa shape index (κ3) is 4.47. The fourth-order valence-electron chi connectivity index (χ4n) is 3.03. The molecule has 2 aromatic rings. The van der Waals surface area contributed by atoms with E-state index in [2.05, 4.69) is 4.90 Å². The fraction of sp³-hybridized carbons (Fsp3) is 0.389. The third-order valence-electron chi connectivity index (χ3n) is 4.43. The number of carbonyl (C=O) groups excluding carboxylic acids is 1. The topological polar surface area (TPSA) is 70.8 Å². The molecule has 1 aromatic carbocycles. The summed E-state index contributed by atoms with van der Waals surface area (Å²) in [5.74, 6) is 0.735. The molecule has 0 radical (unpaired) electrons. The van der Waals surface area contributed by atoms with Crippen LogP contribution in [0.1, 0.15) is 22.5 Å². The summed E-state index contributed by atoms with van der Waals surface area (Å²) in [6.45, 7) is 3.57. The highest BCUT2D eigenvalue weighted by Gasteiger charge is 2.23. The molecule has 1 aromatic heterocycles. The molecule has 6 nitrogen and oxygen atoms in total. The maximum Gasteiger partial charge on any atom is 0.255 e. The maximum atomic E-state index is 12.8. The van der Waals surface area contributed by atoms with Gasteiger partial charge < -0.3 is 9.32 Å². The molecule has 0 unspecified atom stereocenters. The van der Waals surface area contributed by atoms with Gasteiger partial charge in [-0.2, -0.15) is 0 Å². The molecule has 3 rings (SSSR count). The Hall–Kier alpha value is -1.83. The Morgan fingerprint density at radius 3 is 2.65 bits per heavy atom. The second kappa shape index (κ2) is 7.82. The van der Waals surface area contributed by atoms with Crippen LogP contribution in [0.25, 0.3) is 0 Å². The van der Waals surface area contributed by atoms with Gasteiger partial charge in [0, 0.05) is 32.4 Å². The van der Waals surface area contributed by atoms with Crippen LogP contribution in [-0.2, 0) is 16.4 Å². The average Bonchev–Trinajstić information content (AvgIpc) is 2.98. The highest BCUT2D eigenvalue weighted by molar-refractivity contribution is 7.90. The first kappa shape index (κ1) is 18.9. The van der Waals surface area contributed by atoms with Gasteiger partial charge in [-0.25, -0.2) is 8.42 Å². The molecule has 0 spiro atoms. The molecule has 1 fully saturated rings. The first-order chi connectivity index (χ1) is 12.3. The SMILES string of the molecule is CS(=O)(=O)c1ccc(C(=O)N2CCCN(Cc3ccco3)CC2)c(Cl)c1. The molecule has 0 atom stereocenters. The van der Waals surface area contributed by atoms with Gasteiger partial charge in [-0.05, 0) is 36.8 Å². The van der Waals surface area contributed by atoms with Crippen molar-refractivity contribution in [1.82, 2.24) is 9.80 Å². The molecule has 140 valence electrons. The number of nitrogens with zero attached hydrogens (tertiary/aromatic N) is 2. The minimum Gasteiger partial charge on any atom is -0.468 e. The van der Waals surface area contributed by atoms with Gasteiger partial charge in [-0.3, -0.25) is 9.69 Å². The fourth-order valence-corrected chi connectivity index (χ4v) is 4.00. The Labute approximate surface area is 158 Å². The Morgan fingerprint density at radius 1 is 1.19 bits per heavy atom. The number of amides is 1. The van der Waals surface area contributed by atoms with E-state index in [1.807, 2.05) is 12.1 Å². The summed E-state index contributed by atoms with van der Waals surface area (Å²) in [6, 6.07) is 8.06. The molecular formula is C18H21ClN2O4S. The second-order valence-electron chi connectivity index (χ2n) is 6.42. The summed E-state index contributed by atoms with van der Waals surface area (Å²) in [5, 5.41) is 0.162. The standard InChI is InChI=1S/C18H21ClN2O4S/c1-26(23,24)15-5-6-16(17(19)12-15)18(22)21-8-3-7-20(9-10-21)13-14-4-2-11-25-14/h2,4-6,11-12H,3,7-10,13H2,1H3. The van der Waals surface area contributed by atoms with Crippen molar-refractivity contribution >= 4 is 27.3 Å². The van der Waals surface area contributed by atoms with Crippen LogP contribution in [0, 0.1) is 0 Å². The van der Waals surface area contributed by atoms with Gasteiger partial charge in [0.25, 0.3) is 5.91 Å². The molecule has 2 heterocycles. The van der Waals surface area contributed by atoms with Crippen molar-refractivity contribution in [2.45, 2.75) is 17.9 Å². The molecule has 1 aliphatic heterocycles. The Morgan fingerprint density at radius 2 is 2.00 bits per heavy atom. The number of furan rings is 1. The van der Waals surface area contributed by atoms with E-state index in [0.29, 0.717) is 18.7 Å². The molecule has 1 aliphatic rings. The molecule has 0 aliphatic carbocycles. The number of benzene rings is 1. The number of hydrogen-bond acceptors (Lipinski definition) is 5. The lowest BCUT2D eigenvalue weighted by atomic mass is 10.2. The van der Waals surface area contributed by atoms with Gasteiger partial charge in [-0.1, -0.05) is 11.6 Å². The summed E-state index contributed by atoms with van der Waals surface area (Å²) in [7, 11) is -3.36. The van der Waals surface area contributed by atoms with Crippen LogP contribution in [0.4, 0.5) is 0 Å². The number of carbonyl (C=O) groups is 1. The van der Waals surface area contributed by atoms with Gasteiger partial charge in [0.15, 0.2) is 9.84 Å². The minimum atomic E-state index is -3.36. The highest BCUT2D eigenvalue weighted by atomic mass is 35.5.